The van der Waals surface area contributed by atoms with Gasteiger partial charge in [-0.3, -0.25) is 9.59 Å². The zero-order valence-electron chi connectivity index (χ0n) is 13.4. The first-order valence-corrected chi connectivity index (χ1v) is 9.34. The van der Waals surface area contributed by atoms with Crippen LogP contribution < -0.4 is 5.32 Å². The van der Waals surface area contributed by atoms with Crippen LogP contribution in [0.4, 0.5) is 0 Å². The van der Waals surface area contributed by atoms with Gasteiger partial charge in [-0.1, -0.05) is 18.6 Å². The number of hydrogen-bond acceptors (Lipinski definition) is 4. The Kier molecular flexibility index (Phi) is 5.41. The second-order valence-corrected chi connectivity index (χ2v) is 8.12. The lowest BCUT2D eigenvalue weighted by molar-refractivity contribution is -0.130. The molecule has 1 heterocycles. The number of benzene rings is 1. The maximum Gasteiger partial charge on any atom is 0.251 e. The van der Waals surface area contributed by atoms with Gasteiger partial charge < -0.3 is 10.2 Å². The molecule has 0 aromatic heterocycles. The number of carbonyl (C=O) groups is 2. The van der Waals surface area contributed by atoms with Gasteiger partial charge in [0.15, 0.2) is 9.84 Å². The molecule has 2 amide bonds. The van der Waals surface area contributed by atoms with E-state index in [-0.39, 0.29) is 17.6 Å². The molecule has 1 aromatic rings. The van der Waals surface area contributed by atoms with Crippen LogP contribution >= 0.6 is 0 Å². The van der Waals surface area contributed by atoms with Gasteiger partial charge in [0, 0.05) is 26.2 Å². The quantitative estimate of drug-likeness (QED) is 0.887. The Bertz CT molecular complexity index is 683. The predicted octanol–water partition coefficient (Wildman–Crippen LogP) is 0.972. The van der Waals surface area contributed by atoms with Gasteiger partial charge in [-0.2, -0.15) is 0 Å². The Morgan fingerprint density at radius 3 is 2.43 bits per heavy atom. The van der Waals surface area contributed by atoms with Gasteiger partial charge in [-0.25, -0.2) is 8.42 Å². The summed E-state index contributed by atoms with van der Waals surface area (Å²) in [6.07, 6.45) is 1.81. The van der Waals surface area contributed by atoms with Crippen molar-refractivity contribution in [1.82, 2.24) is 10.2 Å². The minimum Gasteiger partial charge on any atom is -0.355 e. The van der Waals surface area contributed by atoms with E-state index in [1.54, 1.807) is 38.4 Å². The summed E-state index contributed by atoms with van der Waals surface area (Å²) in [5.41, 5.74) is 1.39. The third kappa shape index (κ3) is 4.10. The molecule has 1 N–H and O–H groups in total. The smallest absolute Gasteiger partial charge is 0.251 e. The maximum absolute atomic E-state index is 12.4. The molecule has 6 nitrogen and oxygen atoms in total. The van der Waals surface area contributed by atoms with Crippen molar-refractivity contribution in [2.75, 3.05) is 19.8 Å². The van der Waals surface area contributed by atoms with E-state index in [9.17, 15) is 18.0 Å². The van der Waals surface area contributed by atoms with Crippen molar-refractivity contribution in [2.45, 2.75) is 31.1 Å². The second-order valence-electron chi connectivity index (χ2n) is 5.82. The average molecular weight is 338 g/mol. The zero-order chi connectivity index (χ0) is 17.0. The van der Waals surface area contributed by atoms with Gasteiger partial charge >= 0.3 is 0 Å². The van der Waals surface area contributed by atoms with Crippen molar-refractivity contribution in [2.24, 2.45) is 0 Å². The minimum absolute atomic E-state index is 0.0953. The Hall–Kier alpha value is -1.89. The molecule has 0 unspecified atom stereocenters. The summed E-state index contributed by atoms with van der Waals surface area (Å²) >= 11 is 0. The number of carbonyl (C=O) groups excluding carboxylic acids is 2. The molecule has 1 fully saturated rings. The highest BCUT2D eigenvalue weighted by atomic mass is 32.2. The predicted molar refractivity (Wildman–Crippen MR) is 87.7 cm³/mol. The lowest BCUT2D eigenvalue weighted by Gasteiger charge is -2.26. The largest absolute Gasteiger partial charge is 0.355 e. The molecule has 0 bridgehead atoms. The van der Waals surface area contributed by atoms with Gasteiger partial charge in [-0.15, -0.1) is 0 Å². The molecule has 0 spiro atoms. The fourth-order valence-corrected chi connectivity index (χ4v) is 4.64. The number of nitrogens with zero attached hydrogens (tertiary/aromatic N) is 1. The van der Waals surface area contributed by atoms with E-state index in [0.29, 0.717) is 24.9 Å². The first-order chi connectivity index (χ1) is 10.8. The maximum atomic E-state index is 12.4. The van der Waals surface area contributed by atoms with Crippen molar-refractivity contribution in [3.05, 3.63) is 35.4 Å². The summed E-state index contributed by atoms with van der Waals surface area (Å²) in [6.45, 7) is 0.318. The van der Waals surface area contributed by atoms with Crippen LogP contribution in [0.2, 0.25) is 0 Å². The monoisotopic (exact) mass is 338 g/mol. The van der Waals surface area contributed by atoms with Crippen LogP contribution in [-0.2, 0) is 21.2 Å². The van der Waals surface area contributed by atoms with E-state index in [4.69, 9.17) is 0 Å². The van der Waals surface area contributed by atoms with E-state index >= 15 is 0 Å². The molecule has 23 heavy (non-hydrogen) atoms. The second kappa shape index (κ2) is 7.12. The van der Waals surface area contributed by atoms with Crippen LogP contribution in [0.15, 0.2) is 24.3 Å². The molecule has 7 heteroatoms. The van der Waals surface area contributed by atoms with Gasteiger partial charge in [0.25, 0.3) is 5.91 Å². The Morgan fingerprint density at radius 1 is 1.22 bits per heavy atom. The van der Waals surface area contributed by atoms with Gasteiger partial charge in [0.05, 0.1) is 5.75 Å². The van der Waals surface area contributed by atoms with Crippen molar-refractivity contribution in [1.29, 1.82) is 0 Å². The van der Waals surface area contributed by atoms with Crippen molar-refractivity contribution >= 4 is 21.7 Å². The fraction of sp³-hybridized carbons (Fsp3) is 0.500. The Balaban J connectivity index is 2.05. The number of nitrogens with one attached hydrogen (secondary N) is 1. The van der Waals surface area contributed by atoms with Crippen LogP contribution in [0.25, 0.3) is 0 Å². The van der Waals surface area contributed by atoms with Crippen molar-refractivity contribution < 1.29 is 18.0 Å². The van der Waals surface area contributed by atoms with Gasteiger partial charge in [-0.05, 0) is 30.5 Å². The molecule has 1 aromatic carbocycles. The van der Waals surface area contributed by atoms with Crippen molar-refractivity contribution in [3.8, 4) is 0 Å². The van der Waals surface area contributed by atoms with E-state index in [1.807, 2.05) is 0 Å². The van der Waals surface area contributed by atoms with Gasteiger partial charge in [0.1, 0.15) is 5.25 Å². The third-order valence-electron chi connectivity index (χ3n) is 4.09. The van der Waals surface area contributed by atoms with Gasteiger partial charge in [0.2, 0.25) is 5.91 Å². The van der Waals surface area contributed by atoms with Crippen LogP contribution in [-0.4, -0.2) is 50.2 Å². The first kappa shape index (κ1) is 17.5. The SMILES string of the molecule is CNC(=O)c1ccc(CN(C)C(=O)[C@@H]2CCCCS2(=O)=O)cc1. The number of rotatable bonds is 4. The molecule has 1 aliphatic rings. The highest BCUT2D eigenvalue weighted by molar-refractivity contribution is 7.92. The van der Waals surface area contributed by atoms with E-state index in [2.05, 4.69) is 5.32 Å². The topological polar surface area (TPSA) is 83.6 Å². The summed E-state index contributed by atoms with van der Waals surface area (Å²) in [5.74, 6) is -0.424. The van der Waals surface area contributed by atoms with E-state index in [0.717, 1.165) is 12.0 Å². The average Bonchev–Trinajstić information content (AvgIpc) is 2.53. The molecular weight excluding hydrogens is 316 g/mol. The fourth-order valence-electron chi connectivity index (χ4n) is 2.74. The molecule has 126 valence electrons. The molecule has 2 rings (SSSR count). The summed E-state index contributed by atoms with van der Waals surface area (Å²) in [6, 6.07) is 6.90. The molecular formula is C16H22N2O4S. The standard InChI is InChI=1S/C16H22N2O4S/c1-17-15(19)13-8-6-12(7-9-13)11-18(2)16(20)14-5-3-4-10-23(14,21)22/h6-9,14H,3-5,10-11H2,1-2H3,(H,17,19)/t14-/m0/s1. The Morgan fingerprint density at radius 2 is 1.87 bits per heavy atom. The molecule has 0 saturated carbocycles. The minimum atomic E-state index is -3.33. The highest BCUT2D eigenvalue weighted by Crippen LogP contribution is 2.21. The molecule has 0 radical (unpaired) electrons. The zero-order valence-corrected chi connectivity index (χ0v) is 14.2. The molecule has 1 atom stereocenters. The molecule has 1 saturated heterocycles. The number of amides is 2. The van der Waals surface area contributed by atoms with E-state index in [1.165, 1.54) is 4.90 Å². The normalized spacial score (nSPS) is 19.8. The van der Waals surface area contributed by atoms with Crippen LogP contribution in [0.1, 0.15) is 35.2 Å². The highest BCUT2D eigenvalue weighted by Gasteiger charge is 2.36. The summed E-state index contributed by atoms with van der Waals surface area (Å²) in [5, 5.41) is 1.63. The van der Waals surface area contributed by atoms with Crippen LogP contribution in [0.3, 0.4) is 0 Å². The Labute approximate surface area is 136 Å². The van der Waals surface area contributed by atoms with Crippen molar-refractivity contribution in [3.63, 3.8) is 0 Å². The third-order valence-corrected chi connectivity index (χ3v) is 6.26. The first-order valence-electron chi connectivity index (χ1n) is 7.62. The lowest BCUT2D eigenvalue weighted by Crippen LogP contribution is -2.43. The summed E-state index contributed by atoms with van der Waals surface area (Å²) in [4.78, 5) is 25.4. The van der Waals surface area contributed by atoms with E-state index < -0.39 is 15.1 Å². The number of sulfone groups is 1. The summed E-state index contributed by atoms with van der Waals surface area (Å²) < 4.78 is 24.1. The van der Waals surface area contributed by atoms with Crippen LogP contribution in [0.5, 0.6) is 0 Å². The summed E-state index contributed by atoms with van der Waals surface area (Å²) in [7, 11) is -0.153. The molecule has 0 aliphatic carbocycles. The molecule has 1 aliphatic heterocycles. The van der Waals surface area contributed by atoms with Crippen LogP contribution in [0, 0.1) is 0 Å². The lowest BCUT2D eigenvalue weighted by atomic mass is 10.1. The number of hydrogen-bond donors (Lipinski definition) is 1.